The number of hydrogen-bond acceptors (Lipinski definition) is 8. The molecule has 0 amide bonds. The molecule has 204 valence electrons. The van der Waals surface area contributed by atoms with E-state index in [1.165, 1.54) is 6.07 Å². The highest BCUT2D eigenvalue weighted by Crippen LogP contribution is 2.38. The first-order valence-electron chi connectivity index (χ1n) is 12.4. The summed E-state index contributed by atoms with van der Waals surface area (Å²) in [6.07, 6.45) is 1.59. The quantitative estimate of drug-likeness (QED) is 0.404. The van der Waals surface area contributed by atoms with E-state index in [0.29, 0.717) is 22.6 Å². The predicted molar refractivity (Wildman–Crippen MR) is 153 cm³/mol. The van der Waals surface area contributed by atoms with Gasteiger partial charge in [-0.1, -0.05) is 25.4 Å². The summed E-state index contributed by atoms with van der Waals surface area (Å²) in [5.41, 5.74) is 8.42. The fraction of sp³-hybridized carbons (Fsp3) is 0.385. The smallest absolute Gasteiger partial charge is 0.236 e. The second-order valence-corrected chi connectivity index (χ2v) is 12.1. The summed E-state index contributed by atoms with van der Waals surface area (Å²) < 4.78 is 43.3. The lowest BCUT2D eigenvalue weighted by Crippen LogP contribution is -2.44. The van der Waals surface area contributed by atoms with E-state index >= 15 is 4.39 Å². The number of hydrogen-bond donors (Lipinski definition) is 2. The van der Waals surface area contributed by atoms with Crippen molar-refractivity contribution in [3.63, 3.8) is 0 Å². The first kappa shape index (κ1) is 27.9. The lowest BCUT2D eigenvalue weighted by Gasteiger charge is -2.34. The molecule has 0 saturated carbocycles. The normalized spacial score (nSPS) is 14.7. The van der Waals surface area contributed by atoms with Gasteiger partial charge in [-0.2, -0.15) is 4.98 Å². The fourth-order valence-corrected chi connectivity index (χ4v) is 5.94. The molecule has 1 aromatic heterocycles. The fourth-order valence-electron chi connectivity index (χ4n) is 4.25. The molecule has 1 saturated heterocycles. The van der Waals surface area contributed by atoms with E-state index in [1.807, 2.05) is 25.8 Å². The Morgan fingerprint density at radius 2 is 1.79 bits per heavy atom. The van der Waals surface area contributed by atoms with Crippen LogP contribution in [0.2, 0.25) is 5.02 Å². The van der Waals surface area contributed by atoms with Crippen molar-refractivity contribution in [3.8, 4) is 0 Å². The molecule has 1 aliphatic heterocycles. The molecule has 38 heavy (non-hydrogen) atoms. The number of sulfonamides is 1. The lowest BCUT2D eigenvalue weighted by atomic mass is 10.2. The maximum absolute atomic E-state index is 15.5. The third-order valence-electron chi connectivity index (χ3n) is 6.26. The van der Waals surface area contributed by atoms with E-state index in [1.54, 1.807) is 48.4 Å². The summed E-state index contributed by atoms with van der Waals surface area (Å²) in [6, 6.07) is 9.78. The van der Waals surface area contributed by atoms with Gasteiger partial charge in [-0.15, -0.1) is 0 Å². The minimum atomic E-state index is -3.64. The van der Waals surface area contributed by atoms with Gasteiger partial charge in [0.25, 0.3) is 0 Å². The third-order valence-corrected chi connectivity index (χ3v) is 8.22. The topological polar surface area (TPSA) is 108 Å². The maximum Gasteiger partial charge on any atom is 0.236 e. The standard InChI is InChI=1S/C26H33ClFN7O2S/c1-17(2)16-38(36,37)32-23-14-20(5-7-21(23)27)35(26-30-15-18(3)25(29)31-26)19-6-8-24(22(28)13-19)34-11-9-33(4)10-12-34/h5-8,13-15,17,32H,9-12,16H2,1-4H3,(H2,29,30,31). The number of likely N-dealkylation sites (N-methyl/N-ethyl adjacent to an activating group) is 1. The highest BCUT2D eigenvalue weighted by atomic mass is 35.5. The Hall–Kier alpha value is -3.15. The summed E-state index contributed by atoms with van der Waals surface area (Å²) in [4.78, 5) is 14.7. The lowest BCUT2D eigenvalue weighted by molar-refractivity contribution is 0.311. The third kappa shape index (κ3) is 6.46. The average molecular weight is 562 g/mol. The molecule has 0 atom stereocenters. The number of anilines is 6. The molecular weight excluding hydrogens is 529 g/mol. The van der Waals surface area contributed by atoms with Crippen molar-refractivity contribution >= 4 is 56.1 Å². The van der Waals surface area contributed by atoms with Crippen LogP contribution in [0.4, 0.5) is 38.9 Å². The average Bonchev–Trinajstić information content (AvgIpc) is 2.83. The molecule has 1 fully saturated rings. The number of piperazine rings is 1. The van der Waals surface area contributed by atoms with Gasteiger partial charge < -0.3 is 15.5 Å². The predicted octanol–water partition coefficient (Wildman–Crippen LogP) is 4.78. The molecule has 12 heteroatoms. The summed E-state index contributed by atoms with van der Waals surface area (Å²) >= 11 is 6.36. The van der Waals surface area contributed by atoms with Crippen LogP contribution in [0.25, 0.3) is 0 Å². The molecule has 9 nitrogen and oxygen atoms in total. The summed E-state index contributed by atoms with van der Waals surface area (Å²) in [7, 11) is -1.60. The largest absolute Gasteiger partial charge is 0.383 e. The molecule has 2 heterocycles. The van der Waals surface area contributed by atoms with Gasteiger partial charge in [0.05, 0.1) is 33.5 Å². The molecular formula is C26H33ClFN7O2S. The summed E-state index contributed by atoms with van der Waals surface area (Å²) in [5.74, 6) is -0.0337. The van der Waals surface area contributed by atoms with Crippen molar-refractivity contribution in [1.82, 2.24) is 14.9 Å². The number of benzene rings is 2. The molecule has 0 aliphatic carbocycles. The Bertz CT molecular complexity index is 1410. The van der Waals surface area contributed by atoms with E-state index in [9.17, 15) is 8.42 Å². The molecule has 0 bridgehead atoms. The van der Waals surface area contributed by atoms with Crippen molar-refractivity contribution in [2.45, 2.75) is 20.8 Å². The number of nitrogens with two attached hydrogens (primary N) is 1. The van der Waals surface area contributed by atoms with Crippen molar-refractivity contribution in [3.05, 3.63) is 59.0 Å². The number of halogens is 2. The molecule has 1 aliphatic rings. The number of aryl methyl sites for hydroxylation is 1. The molecule has 0 unspecified atom stereocenters. The second kappa shape index (κ2) is 11.3. The monoisotopic (exact) mass is 561 g/mol. The molecule has 0 spiro atoms. The number of nitrogens with zero attached hydrogens (tertiary/aromatic N) is 5. The number of aromatic nitrogens is 2. The van der Waals surface area contributed by atoms with Gasteiger partial charge in [0, 0.05) is 44.0 Å². The van der Waals surface area contributed by atoms with Gasteiger partial charge in [-0.25, -0.2) is 17.8 Å². The SMILES string of the molecule is Cc1cnc(N(c2ccc(N3CCN(C)CC3)c(F)c2)c2ccc(Cl)c(NS(=O)(=O)CC(C)C)c2)nc1N. The highest BCUT2D eigenvalue weighted by molar-refractivity contribution is 7.92. The van der Waals surface area contributed by atoms with Crippen LogP contribution in [-0.2, 0) is 10.0 Å². The van der Waals surface area contributed by atoms with Crippen LogP contribution in [-0.4, -0.2) is 62.3 Å². The van der Waals surface area contributed by atoms with Crippen LogP contribution in [0.3, 0.4) is 0 Å². The van der Waals surface area contributed by atoms with Gasteiger partial charge in [0.1, 0.15) is 11.6 Å². The van der Waals surface area contributed by atoms with Crippen LogP contribution in [0.5, 0.6) is 0 Å². The minimum absolute atomic E-state index is 0.0617. The van der Waals surface area contributed by atoms with Gasteiger partial charge in [-0.3, -0.25) is 9.62 Å². The second-order valence-electron chi connectivity index (χ2n) is 9.94. The zero-order chi connectivity index (χ0) is 27.6. The molecule has 2 aromatic carbocycles. The Morgan fingerprint density at radius 3 is 2.42 bits per heavy atom. The number of nitrogen functional groups attached to an aromatic ring is 1. The van der Waals surface area contributed by atoms with Crippen LogP contribution in [0.15, 0.2) is 42.6 Å². The Kier molecular flexibility index (Phi) is 8.29. The Labute approximate surface area is 228 Å². The van der Waals surface area contributed by atoms with Crippen molar-refractivity contribution < 1.29 is 12.8 Å². The van der Waals surface area contributed by atoms with Crippen molar-refractivity contribution in [1.29, 1.82) is 0 Å². The van der Waals surface area contributed by atoms with Crippen LogP contribution in [0, 0.1) is 18.7 Å². The van der Waals surface area contributed by atoms with E-state index in [0.717, 1.165) is 26.2 Å². The van der Waals surface area contributed by atoms with Crippen LogP contribution in [0.1, 0.15) is 19.4 Å². The van der Waals surface area contributed by atoms with Gasteiger partial charge in [0.2, 0.25) is 16.0 Å². The Morgan fingerprint density at radius 1 is 1.13 bits per heavy atom. The first-order chi connectivity index (χ1) is 17.9. The zero-order valence-electron chi connectivity index (χ0n) is 21.9. The number of rotatable bonds is 8. The first-order valence-corrected chi connectivity index (χ1v) is 14.4. The van der Waals surface area contributed by atoms with Gasteiger partial charge in [-0.05, 0) is 50.2 Å². The number of nitrogens with one attached hydrogen (secondary N) is 1. The Balaban J connectivity index is 1.77. The van der Waals surface area contributed by atoms with E-state index in [4.69, 9.17) is 17.3 Å². The summed E-state index contributed by atoms with van der Waals surface area (Å²) in [6.45, 7) is 8.58. The molecule has 0 radical (unpaired) electrons. The molecule has 3 aromatic rings. The van der Waals surface area contributed by atoms with E-state index < -0.39 is 10.0 Å². The maximum atomic E-state index is 15.5. The van der Waals surface area contributed by atoms with E-state index in [-0.39, 0.29) is 40.0 Å². The minimum Gasteiger partial charge on any atom is -0.383 e. The van der Waals surface area contributed by atoms with Crippen molar-refractivity contribution in [2.24, 2.45) is 5.92 Å². The van der Waals surface area contributed by atoms with Gasteiger partial charge >= 0.3 is 0 Å². The molecule has 4 rings (SSSR count). The van der Waals surface area contributed by atoms with E-state index in [2.05, 4.69) is 19.6 Å². The zero-order valence-corrected chi connectivity index (χ0v) is 23.5. The molecule has 3 N–H and O–H groups in total. The summed E-state index contributed by atoms with van der Waals surface area (Å²) in [5, 5.41) is 0.224. The van der Waals surface area contributed by atoms with Crippen LogP contribution >= 0.6 is 11.6 Å². The highest BCUT2D eigenvalue weighted by Gasteiger charge is 2.23. The van der Waals surface area contributed by atoms with Crippen LogP contribution < -0.4 is 20.3 Å². The van der Waals surface area contributed by atoms with Crippen molar-refractivity contribution in [2.75, 3.05) is 59.2 Å². The van der Waals surface area contributed by atoms with Gasteiger partial charge in [0.15, 0.2) is 0 Å².